The Kier molecular flexibility index (Phi) is 4.65. The molecular weight excluding hydrogens is 295 g/mol. The summed E-state index contributed by atoms with van der Waals surface area (Å²) in [5.74, 6) is -0.388. The minimum Gasteiger partial charge on any atom is -0.348 e. The average molecular weight is 309 g/mol. The number of carbonyl (C=O) groups is 1. The fourth-order valence-corrected chi connectivity index (χ4v) is 1.80. The van der Waals surface area contributed by atoms with Crippen LogP contribution in [0.25, 0.3) is 6.08 Å². The van der Waals surface area contributed by atoms with Gasteiger partial charge in [-0.15, -0.1) is 0 Å². The molecule has 0 aliphatic carbocycles. The Morgan fingerprint density at radius 2 is 2.18 bits per heavy atom. The molecule has 0 saturated heterocycles. The molecule has 7 heteroatoms. The molecule has 0 fully saturated rings. The van der Waals surface area contributed by atoms with Crippen LogP contribution in [0.15, 0.2) is 42.7 Å². The maximum absolute atomic E-state index is 12.6. The Hall–Kier alpha value is -2.57. The number of carbonyl (C=O) groups excluding carboxylic acids is 1. The molecular formula is C15H14F3N3O. The number of nitrogens with zero attached hydrogens (tertiary/aromatic N) is 2. The van der Waals surface area contributed by atoms with Crippen LogP contribution in [0.4, 0.5) is 13.2 Å². The highest BCUT2D eigenvalue weighted by Crippen LogP contribution is 2.29. The molecule has 1 N–H and O–H groups in total. The van der Waals surface area contributed by atoms with Crippen molar-refractivity contribution in [2.24, 2.45) is 7.05 Å². The molecule has 0 bridgehead atoms. The highest BCUT2D eigenvalue weighted by molar-refractivity contribution is 5.91. The first-order valence-electron chi connectivity index (χ1n) is 6.45. The molecule has 2 rings (SSSR count). The summed E-state index contributed by atoms with van der Waals surface area (Å²) in [6.07, 6.45) is 1.83. The van der Waals surface area contributed by atoms with E-state index in [1.165, 1.54) is 18.2 Å². The number of alkyl halides is 3. The number of halogens is 3. The van der Waals surface area contributed by atoms with Crippen LogP contribution in [-0.4, -0.2) is 15.7 Å². The molecule has 0 aliphatic heterocycles. The third-order valence-corrected chi connectivity index (χ3v) is 2.87. The molecule has 22 heavy (non-hydrogen) atoms. The minimum atomic E-state index is -4.39. The quantitative estimate of drug-likeness (QED) is 0.883. The highest BCUT2D eigenvalue weighted by Gasteiger charge is 2.30. The third kappa shape index (κ3) is 4.47. The van der Waals surface area contributed by atoms with Crippen molar-refractivity contribution in [2.75, 3.05) is 0 Å². The zero-order valence-electron chi connectivity index (χ0n) is 11.8. The van der Waals surface area contributed by atoms with Crippen LogP contribution in [0, 0.1) is 0 Å². The second kappa shape index (κ2) is 6.46. The molecule has 2 aromatic rings. The molecule has 0 aliphatic rings. The van der Waals surface area contributed by atoms with Gasteiger partial charge >= 0.3 is 6.18 Å². The van der Waals surface area contributed by atoms with Crippen LogP contribution in [0.2, 0.25) is 0 Å². The zero-order valence-corrected chi connectivity index (χ0v) is 11.8. The first-order valence-corrected chi connectivity index (χ1v) is 6.45. The molecule has 4 nitrogen and oxygen atoms in total. The minimum absolute atomic E-state index is 0.0279. The Morgan fingerprint density at radius 3 is 2.82 bits per heavy atom. The number of rotatable bonds is 4. The van der Waals surface area contributed by atoms with Crippen molar-refractivity contribution >= 4 is 12.0 Å². The van der Waals surface area contributed by atoms with E-state index in [2.05, 4.69) is 10.4 Å². The fourth-order valence-electron chi connectivity index (χ4n) is 1.80. The molecule has 116 valence electrons. The predicted octanol–water partition coefficient (Wildman–Crippen LogP) is 2.77. The van der Waals surface area contributed by atoms with E-state index in [0.29, 0.717) is 5.56 Å². The van der Waals surface area contributed by atoms with Gasteiger partial charge in [0.15, 0.2) is 0 Å². The standard InChI is InChI=1S/C15H14F3N3O/c1-21-10-12(9-20-21)5-6-14(22)19-8-11-3-2-4-13(7-11)15(16,17)18/h2-7,9-10H,8H2,1H3,(H,19,22). The number of aryl methyl sites for hydroxylation is 1. The zero-order chi connectivity index (χ0) is 16.2. The van der Waals surface area contributed by atoms with Crippen LogP contribution < -0.4 is 5.32 Å². The van der Waals surface area contributed by atoms with Gasteiger partial charge in [0.1, 0.15) is 0 Å². The van der Waals surface area contributed by atoms with Crippen LogP contribution in [-0.2, 0) is 24.6 Å². The van der Waals surface area contributed by atoms with Crippen LogP contribution in [0.1, 0.15) is 16.7 Å². The van der Waals surface area contributed by atoms with E-state index < -0.39 is 11.7 Å². The smallest absolute Gasteiger partial charge is 0.348 e. The van der Waals surface area contributed by atoms with Gasteiger partial charge in [0, 0.05) is 31.4 Å². The van der Waals surface area contributed by atoms with Gasteiger partial charge < -0.3 is 5.32 Å². The molecule has 1 aromatic carbocycles. The van der Waals surface area contributed by atoms with Gasteiger partial charge in [0.2, 0.25) is 5.91 Å². The van der Waals surface area contributed by atoms with Gasteiger partial charge in [0.05, 0.1) is 11.8 Å². The van der Waals surface area contributed by atoms with E-state index in [1.807, 2.05) is 0 Å². The summed E-state index contributed by atoms with van der Waals surface area (Å²) < 4.78 is 39.3. The number of hydrogen-bond donors (Lipinski definition) is 1. The SMILES string of the molecule is Cn1cc(C=CC(=O)NCc2cccc(C(F)(F)F)c2)cn1. The summed E-state index contributed by atoms with van der Waals surface area (Å²) in [4.78, 5) is 11.6. The van der Waals surface area contributed by atoms with E-state index in [-0.39, 0.29) is 12.5 Å². The topological polar surface area (TPSA) is 46.9 Å². The summed E-state index contributed by atoms with van der Waals surface area (Å²) in [7, 11) is 1.76. The van der Waals surface area contributed by atoms with E-state index >= 15 is 0 Å². The molecule has 1 heterocycles. The van der Waals surface area contributed by atoms with Gasteiger partial charge in [-0.2, -0.15) is 18.3 Å². The van der Waals surface area contributed by atoms with Gasteiger partial charge in [-0.05, 0) is 23.8 Å². The van der Waals surface area contributed by atoms with Crippen molar-refractivity contribution in [2.45, 2.75) is 12.7 Å². The number of benzene rings is 1. The summed E-state index contributed by atoms with van der Waals surface area (Å²) in [6, 6.07) is 4.86. The lowest BCUT2D eigenvalue weighted by atomic mass is 10.1. The fraction of sp³-hybridized carbons (Fsp3) is 0.200. The summed E-state index contributed by atoms with van der Waals surface area (Å²) in [6.45, 7) is 0.0279. The van der Waals surface area contributed by atoms with E-state index in [1.54, 1.807) is 30.2 Å². The van der Waals surface area contributed by atoms with Crippen LogP contribution in [0.3, 0.4) is 0 Å². The predicted molar refractivity (Wildman–Crippen MR) is 75.5 cm³/mol. The van der Waals surface area contributed by atoms with Crippen molar-refractivity contribution in [3.05, 3.63) is 59.4 Å². The lowest BCUT2D eigenvalue weighted by Crippen LogP contribution is -2.20. The maximum Gasteiger partial charge on any atom is 0.416 e. The van der Waals surface area contributed by atoms with Crippen molar-refractivity contribution in [1.82, 2.24) is 15.1 Å². The molecule has 0 atom stereocenters. The van der Waals surface area contributed by atoms with E-state index in [4.69, 9.17) is 0 Å². The van der Waals surface area contributed by atoms with Crippen molar-refractivity contribution < 1.29 is 18.0 Å². The molecule has 1 amide bonds. The molecule has 0 radical (unpaired) electrons. The summed E-state index contributed by atoms with van der Waals surface area (Å²) in [5, 5.41) is 6.48. The average Bonchev–Trinajstić information content (AvgIpc) is 2.88. The Balaban J connectivity index is 1.92. The van der Waals surface area contributed by atoms with E-state index in [9.17, 15) is 18.0 Å². The lowest BCUT2D eigenvalue weighted by Gasteiger charge is -2.08. The van der Waals surface area contributed by atoms with Gasteiger partial charge in [-0.25, -0.2) is 0 Å². The molecule has 0 saturated carbocycles. The van der Waals surface area contributed by atoms with Crippen molar-refractivity contribution in [1.29, 1.82) is 0 Å². The highest BCUT2D eigenvalue weighted by atomic mass is 19.4. The normalized spacial score (nSPS) is 11.8. The van der Waals surface area contributed by atoms with Crippen LogP contribution >= 0.6 is 0 Å². The van der Waals surface area contributed by atoms with Gasteiger partial charge in [0.25, 0.3) is 0 Å². The molecule has 1 aromatic heterocycles. The lowest BCUT2D eigenvalue weighted by molar-refractivity contribution is -0.137. The number of hydrogen-bond acceptors (Lipinski definition) is 2. The maximum atomic E-state index is 12.6. The Labute approximate surface area is 125 Å². The molecule has 0 spiro atoms. The molecule has 0 unspecified atom stereocenters. The van der Waals surface area contributed by atoms with Gasteiger partial charge in [-0.1, -0.05) is 12.1 Å². The Bertz CT molecular complexity index is 689. The summed E-state index contributed by atoms with van der Waals surface area (Å²) in [5.41, 5.74) is 0.417. The van der Waals surface area contributed by atoms with E-state index in [0.717, 1.165) is 17.7 Å². The number of amides is 1. The second-order valence-corrected chi connectivity index (χ2v) is 4.70. The van der Waals surface area contributed by atoms with Crippen molar-refractivity contribution in [3.63, 3.8) is 0 Å². The largest absolute Gasteiger partial charge is 0.416 e. The second-order valence-electron chi connectivity index (χ2n) is 4.70. The first-order chi connectivity index (χ1) is 10.3. The monoisotopic (exact) mass is 309 g/mol. The van der Waals surface area contributed by atoms with Crippen LogP contribution in [0.5, 0.6) is 0 Å². The van der Waals surface area contributed by atoms with Gasteiger partial charge in [-0.3, -0.25) is 9.48 Å². The summed E-state index contributed by atoms with van der Waals surface area (Å²) >= 11 is 0. The van der Waals surface area contributed by atoms with Crippen molar-refractivity contribution in [3.8, 4) is 0 Å². The Morgan fingerprint density at radius 1 is 1.41 bits per heavy atom. The first kappa shape index (κ1) is 15.8. The third-order valence-electron chi connectivity index (χ3n) is 2.87. The number of nitrogens with one attached hydrogen (secondary N) is 1. The number of aromatic nitrogens is 2.